The number of hydrogen-bond acceptors (Lipinski definition) is 6. The molecule has 0 bridgehead atoms. The van der Waals surface area contributed by atoms with E-state index in [1.54, 1.807) is 12.4 Å². The van der Waals surface area contributed by atoms with Gasteiger partial charge in [-0.05, 0) is 67.4 Å². The SMILES string of the molecule is C/C(=N/NC(=S)N1CCC(C(=O)NCc2ccncc2)CC1)c1csc(-c2ccc(Br)cc2)c1O. The molecule has 1 aliphatic rings. The molecule has 2 aromatic heterocycles. The van der Waals surface area contributed by atoms with Crippen LogP contribution < -0.4 is 10.7 Å². The number of aromatic hydroxyl groups is 1. The van der Waals surface area contributed by atoms with Crippen LogP contribution in [0.15, 0.2) is 63.7 Å². The summed E-state index contributed by atoms with van der Waals surface area (Å²) in [6.07, 6.45) is 4.90. The van der Waals surface area contributed by atoms with Gasteiger partial charge >= 0.3 is 0 Å². The summed E-state index contributed by atoms with van der Waals surface area (Å²) in [6, 6.07) is 11.6. The number of nitrogens with one attached hydrogen (secondary N) is 2. The van der Waals surface area contributed by atoms with Crippen LogP contribution >= 0.6 is 39.5 Å². The van der Waals surface area contributed by atoms with Crippen molar-refractivity contribution in [3.05, 3.63) is 69.8 Å². The monoisotopic (exact) mass is 571 g/mol. The van der Waals surface area contributed by atoms with Crippen LogP contribution in [-0.2, 0) is 11.3 Å². The number of pyridine rings is 1. The summed E-state index contributed by atoms with van der Waals surface area (Å²) in [4.78, 5) is 19.4. The molecule has 0 saturated carbocycles. The highest BCUT2D eigenvalue weighted by atomic mass is 79.9. The second kappa shape index (κ2) is 11.7. The Morgan fingerprint density at radius 3 is 2.60 bits per heavy atom. The van der Waals surface area contributed by atoms with Gasteiger partial charge in [0, 0.05) is 47.8 Å². The highest BCUT2D eigenvalue weighted by Gasteiger charge is 2.26. The summed E-state index contributed by atoms with van der Waals surface area (Å²) in [6.45, 7) is 3.72. The smallest absolute Gasteiger partial charge is 0.223 e. The molecule has 1 saturated heterocycles. The van der Waals surface area contributed by atoms with Crippen LogP contribution in [0.2, 0.25) is 0 Å². The number of hydrogen-bond donors (Lipinski definition) is 3. The number of nitrogens with zero attached hydrogens (tertiary/aromatic N) is 3. The molecule has 3 N–H and O–H groups in total. The van der Waals surface area contributed by atoms with E-state index in [1.807, 2.05) is 53.6 Å². The molecule has 3 aromatic rings. The van der Waals surface area contributed by atoms with E-state index in [-0.39, 0.29) is 17.6 Å². The molecule has 1 aliphatic heterocycles. The summed E-state index contributed by atoms with van der Waals surface area (Å²) < 4.78 is 0.989. The van der Waals surface area contributed by atoms with Gasteiger partial charge in [-0.25, -0.2) is 0 Å². The van der Waals surface area contributed by atoms with Gasteiger partial charge in [0.2, 0.25) is 5.91 Å². The fraction of sp³-hybridized carbons (Fsp3) is 0.280. The van der Waals surface area contributed by atoms with Crippen LogP contribution in [0.3, 0.4) is 0 Å². The third-order valence-electron chi connectivity index (χ3n) is 5.95. The lowest BCUT2D eigenvalue weighted by Crippen LogP contribution is -2.45. The second-order valence-electron chi connectivity index (χ2n) is 8.28. The van der Waals surface area contributed by atoms with Gasteiger partial charge in [-0.2, -0.15) is 5.10 Å². The molecule has 1 amide bonds. The van der Waals surface area contributed by atoms with E-state index < -0.39 is 0 Å². The number of halogens is 1. The van der Waals surface area contributed by atoms with E-state index in [9.17, 15) is 9.90 Å². The number of likely N-dealkylation sites (tertiary alicyclic amines) is 1. The molecular weight excluding hydrogens is 546 g/mol. The predicted molar refractivity (Wildman–Crippen MR) is 147 cm³/mol. The van der Waals surface area contributed by atoms with Crippen LogP contribution in [0, 0.1) is 5.92 Å². The molecule has 1 aromatic carbocycles. The lowest BCUT2D eigenvalue weighted by atomic mass is 9.96. The largest absolute Gasteiger partial charge is 0.506 e. The van der Waals surface area contributed by atoms with Crippen molar-refractivity contribution in [1.29, 1.82) is 0 Å². The molecule has 35 heavy (non-hydrogen) atoms. The molecule has 182 valence electrons. The van der Waals surface area contributed by atoms with Gasteiger partial charge in [0.05, 0.1) is 16.2 Å². The number of amides is 1. The average Bonchev–Trinajstić information content (AvgIpc) is 3.28. The lowest BCUT2D eigenvalue weighted by molar-refractivity contribution is -0.126. The number of piperidine rings is 1. The summed E-state index contributed by atoms with van der Waals surface area (Å²) in [7, 11) is 0. The number of hydrazone groups is 1. The average molecular weight is 573 g/mol. The van der Waals surface area contributed by atoms with E-state index in [2.05, 4.69) is 36.8 Å². The number of benzene rings is 1. The van der Waals surface area contributed by atoms with Gasteiger partial charge in [-0.15, -0.1) is 11.3 Å². The van der Waals surface area contributed by atoms with E-state index in [0.29, 0.717) is 36.0 Å². The molecule has 0 spiro atoms. The molecule has 7 nitrogen and oxygen atoms in total. The second-order valence-corrected chi connectivity index (χ2v) is 10.5. The number of rotatable bonds is 6. The molecule has 0 aliphatic carbocycles. The van der Waals surface area contributed by atoms with Crippen LogP contribution in [0.4, 0.5) is 0 Å². The van der Waals surface area contributed by atoms with Crippen LogP contribution in [0.25, 0.3) is 10.4 Å². The third-order valence-corrected chi connectivity index (χ3v) is 7.85. The van der Waals surface area contributed by atoms with E-state index in [0.717, 1.165) is 33.3 Å². The third kappa shape index (κ3) is 6.45. The zero-order valence-electron chi connectivity index (χ0n) is 19.2. The first kappa shape index (κ1) is 25.3. The maximum Gasteiger partial charge on any atom is 0.223 e. The van der Waals surface area contributed by atoms with Crippen molar-refractivity contribution in [3.8, 4) is 16.2 Å². The molecular formula is C25H26BrN5O2S2. The van der Waals surface area contributed by atoms with E-state index in [4.69, 9.17) is 12.2 Å². The Hall–Kier alpha value is -2.82. The van der Waals surface area contributed by atoms with Crippen molar-refractivity contribution in [1.82, 2.24) is 20.6 Å². The Labute approximate surface area is 222 Å². The Morgan fingerprint density at radius 2 is 1.91 bits per heavy atom. The van der Waals surface area contributed by atoms with Crippen molar-refractivity contribution in [2.24, 2.45) is 11.0 Å². The van der Waals surface area contributed by atoms with Crippen molar-refractivity contribution < 1.29 is 9.90 Å². The number of aromatic nitrogens is 1. The molecule has 4 rings (SSSR count). The van der Waals surface area contributed by atoms with Crippen molar-refractivity contribution in [3.63, 3.8) is 0 Å². The summed E-state index contributed by atoms with van der Waals surface area (Å²) >= 11 is 10.4. The highest BCUT2D eigenvalue weighted by Crippen LogP contribution is 2.39. The molecule has 1 fully saturated rings. The normalized spacial score (nSPS) is 14.6. The summed E-state index contributed by atoms with van der Waals surface area (Å²) in [5.41, 5.74) is 6.26. The van der Waals surface area contributed by atoms with Crippen LogP contribution in [0.1, 0.15) is 30.9 Å². The number of thiophene rings is 1. The predicted octanol–water partition coefficient (Wildman–Crippen LogP) is 4.91. The minimum atomic E-state index is -0.0269. The molecule has 3 heterocycles. The van der Waals surface area contributed by atoms with Crippen molar-refractivity contribution in [2.45, 2.75) is 26.3 Å². The Kier molecular flexibility index (Phi) is 8.48. The van der Waals surface area contributed by atoms with E-state index >= 15 is 0 Å². The highest BCUT2D eigenvalue weighted by molar-refractivity contribution is 9.10. The van der Waals surface area contributed by atoms with Gasteiger partial charge in [0.1, 0.15) is 5.75 Å². The van der Waals surface area contributed by atoms with Gasteiger partial charge in [-0.3, -0.25) is 15.2 Å². The standard InChI is InChI=1S/C25H26BrN5O2S2/c1-16(21-15-35-23(22(21)32)18-2-4-20(26)5-3-18)29-30-25(34)31-12-8-19(9-13-31)24(33)28-14-17-6-10-27-11-7-17/h2-7,10-11,15,19,32H,8-9,12-14H2,1H3,(H,28,33)(H,30,34)/b29-16-. The van der Waals surface area contributed by atoms with Gasteiger partial charge < -0.3 is 15.3 Å². The fourth-order valence-corrected chi connectivity index (χ4v) is 5.36. The fourth-order valence-electron chi connectivity index (χ4n) is 3.86. The first-order chi connectivity index (χ1) is 16.9. The zero-order valence-corrected chi connectivity index (χ0v) is 22.4. The van der Waals surface area contributed by atoms with Gasteiger partial charge in [-0.1, -0.05) is 28.1 Å². The summed E-state index contributed by atoms with van der Waals surface area (Å²) in [5.74, 6) is 0.259. The zero-order chi connectivity index (χ0) is 24.8. The van der Waals surface area contributed by atoms with Crippen molar-refractivity contribution >= 4 is 56.2 Å². The number of thiocarbonyl (C=S) groups is 1. The van der Waals surface area contributed by atoms with Crippen LogP contribution in [-0.4, -0.2) is 44.8 Å². The first-order valence-electron chi connectivity index (χ1n) is 11.2. The Morgan fingerprint density at radius 1 is 1.23 bits per heavy atom. The molecule has 10 heteroatoms. The molecule has 0 radical (unpaired) electrons. The minimum absolute atomic E-state index is 0.0269. The number of carbonyl (C=O) groups excluding carboxylic acids is 1. The van der Waals surface area contributed by atoms with Gasteiger partial charge in [0.25, 0.3) is 0 Å². The van der Waals surface area contributed by atoms with E-state index in [1.165, 1.54) is 11.3 Å². The molecule has 0 atom stereocenters. The minimum Gasteiger partial charge on any atom is -0.506 e. The maximum atomic E-state index is 12.5. The Bertz CT molecular complexity index is 1210. The van der Waals surface area contributed by atoms with Crippen molar-refractivity contribution in [2.75, 3.05) is 13.1 Å². The maximum absolute atomic E-state index is 12.5. The van der Waals surface area contributed by atoms with Crippen LogP contribution in [0.5, 0.6) is 5.75 Å². The quantitative estimate of drug-likeness (QED) is 0.221. The lowest BCUT2D eigenvalue weighted by Gasteiger charge is -2.32. The Balaban J connectivity index is 1.28. The topological polar surface area (TPSA) is 89.9 Å². The summed E-state index contributed by atoms with van der Waals surface area (Å²) in [5, 5.41) is 20.6. The molecule has 0 unspecified atom stereocenters. The first-order valence-corrected chi connectivity index (χ1v) is 13.3. The number of carbonyl (C=O) groups is 1. The van der Waals surface area contributed by atoms with Gasteiger partial charge in [0.15, 0.2) is 5.11 Å².